The summed E-state index contributed by atoms with van der Waals surface area (Å²) in [6, 6.07) is 2.10. The molecule has 24 heavy (non-hydrogen) atoms. The number of hydrogen-bond acceptors (Lipinski definition) is 4. The van der Waals surface area contributed by atoms with Crippen molar-refractivity contribution in [1.29, 1.82) is 0 Å². The summed E-state index contributed by atoms with van der Waals surface area (Å²) in [6.45, 7) is 9.46. The summed E-state index contributed by atoms with van der Waals surface area (Å²) in [5.41, 5.74) is 0.777. The molecule has 134 valence electrons. The first kappa shape index (κ1) is 18.7. The minimum Gasteiger partial charge on any atom is -0.379 e. The van der Waals surface area contributed by atoms with Gasteiger partial charge in [-0.05, 0) is 37.3 Å². The Bertz CT molecular complexity index is 604. The van der Waals surface area contributed by atoms with Gasteiger partial charge in [0.25, 0.3) is 11.5 Å². The van der Waals surface area contributed by atoms with E-state index in [9.17, 15) is 9.59 Å². The minimum atomic E-state index is -0.284. The van der Waals surface area contributed by atoms with Gasteiger partial charge in [0.2, 0.25) is 0 Å². The van der Waals surface area contributed by atoms with Crippen molar-refractivity contribution in [3.8, 4) is 0 Å². The van der Waals surface area contributed by atoms with Crippen molar-refractivity contribution in [3.05, 3.63) is 33.7 Å². The Morgan fingerprint density at radius 3 is 2.96 bits per heavy atom. The fourth-order valence-corrected chi connectivity index (χ4v) is 2.77. The van der Waals surface area contributed by atoms with Gasteiger partial charge in [0.15, 0.2) is 0 Å². The van der Waals surface area contributed by atoms with Gasteiger partial charge in [0.05, 0.1) is 13.2 Å². The fourth-order valence-electron chi connectivity index (χ4n) is 2.77. The maximum Gasteiger partial charge on any atom is 0.263 e. The smallest absolute Gasteiger partial charge is 0.263 e. The van der Waals surface area contributed by atoms with Crippen LogP contribution in [0.25, 0.3) is 0 Å². The summed E-state index contributed by atoms with van der Waals surface area (Å²) in [6.07, 6.45) is 3.48. The molecule has 1 aliphatic heterocycles. The molecular weight excluding hydrogens is 306 g/mol. The fraction of sp³-hybridized carbons (Fsp3) is 0.667. The monoisotopic (exact) mass is 335 g/mol. The van der Waals surface area contributed by atoms with Crippen molar-refractivity contribution in [2.24, 2.45) is 5.92 Å². The Balaban J connectivity index is 1.97. The van der Waals surface area contributed by atoms with Crippen molar-refractivity contribution in [1.82, 2.24) is 15.2 Å². The second kappa shape index (κ2) is 8.99. The predicted molar refractivity (Wildman–Crippen MR) is 94.5 cm³/mol. The van der Waals surface area contributed by atoms with Crippen LogP contribution in [0.15, 0.2) is 17.1 Å². The first-order valence-corrected chi connectivity index (χ1v) is 8.78. The molecule has 6 heteroatoms. The Hall–Kier alpha value is -1.66. The summed E-state index contributed by atoms with van der Waals surface area (Å²) in [4.78, 5) is 25.0. The zero-order valence-electron chi connectivity index (χ0n) is 14.9. The second-order valence-corrected chi connectivity index (χ2v) is 6.83. The molecule has 0 saturated carbocycles. The topological polar surface area (TPSA) is 72.4 Å². The molecule has 1 aromatic rings. The normalized spacial score (nSPS) is 17.9. The Labute approximate surface area is 143 Å². The van der Waals surface area contributed by atoms with Crippen LogP contribution in [0.1, 0.15) is 42.6 Å². The maximum absolute atomic E-state index is 12.6. The number of aromatic nitrogens is 1. The molecule has 0 spiro atoms. The van der Waals surface area contributed by atoms with Gasteiger partial charge in [-0.25, -0.2) is 0 Å². The first-order valence-electron chi connectivity index (χ1n) is 8.78. The second-order valence-electron chi connectivity index (χ2n) is 6.83. The highest BCUT2D eigenvalue weighted by atomic mass is 16.5. The number of amides is 1. The highest BCUT2D eigenvalue weighted by Gasteiger charge is 2.17. The Morgan fingerprint density at radius 1 is 1.50 bits per heavy atom. The molecule has 2 rings (SSSR count). The van der Waals surface area contributed by atoms with E-state index in [-0.39, 0.29) is 23.1 Å². The van der Waals surface area contributed by atoms with Gasteiger partial charge in [-0.3, -0.25) is 9.59 Å². The SMILES string of the molecule is Cc1ccn(CCC(C)C)c(=O)c1C(=O)NCCC1COCCN1. The zero-order valence-corrected chi connectivity index (χ0v) is 14.9. The van der Waals surface area contributed by atoms with Crippen molar-refractivity contribution in [2.75, 3.05) is 26.3 Å². The van der Waals surface area contributed by atoms with Crippen molar-refractivity contribution in [3.63, 3.8) is 0 Å². The summed E-state index contributed by atoms with van der Waals surface area (Å²) in [5.74, 6) is 0.230. The summed E-state index contributed by atoms with van der Waals surface area (Å²) >= 11 is 0. The standard InChI is InChI=1S/C18H29N3O3/c1-13(2)5-9-21-10-6-14(3)16(18(21)23)17(22)20-7-4-15-12-24-11-8-19-15/h6,10,13,15,19H,4-5,7-9,11-12H2,1-3H3,(H,20,22). The lowest BCUT2D eigenvalue weighted by atomic mass is 10.1. The highest BCUT2D eigenvalue weighted by molar-refractivity contribution is 5.95. The van der Waals surface area contributed by atoms with E-state index in [2.05, 4.69) is 24.5 Å². The quantitative estimate of drug-likeness (QED) is 0.788. The number of aryl methyl sites for hydroxylation is 2. The van der Waals surface area contributed by atoms with E-state index in [0.717, 1.165) is 31.6 Å². The molecule has 0 aliphatic carbocycles. The molecule has 1 fully saturated rings. The average Bonchev–Trinajstić information content (AvgIpc) is 2.55. The highest BCUT2D eigenvalue weighted by Crippen LogP contribution is 2.06. The molecule has 6 nitrogen and oxygen atoms in total. The Morgan fingerprint density at radius 2 is 2.29 bits per heavy atom. The number of nitrogens with one attached hydrogen (secondary N) is 2. The number of carbonyl (C=O) groups excluding carboxylic acids is 1. The van der Waals surface area contributed by atoms with Crippen LogP contribution in [0.2, 0.25) is 0 Å². The van der Waals surface area contributed by atoms with Crippen LogP contribution in [0.3, 0.4) is 0 Å². The molecule has 0 bridgehead atoms. The Kier molecular flexibility index (Phi) is 6.99. The van der Waals surface area contributed by atoms with E-state index in [0.29, 0.717) is 25.6 Å². The molecule has 1 amide bonds. The molecule has 1 atom stereocenters. The summed E-state index contributed by atoms with van der Waals surface area (Å²) in [7, 11) is 0. The molecular formula is C18H29N3O3. The molecule has 1 unspecified atom stereocenters. The van der Waals surface area contributed by atoms with E-state index >= 15 is 0 Å². The van der Waals surface area contributed by atoms with Gasteiger partial charge < -0.3 is 19.9 Å². The summed E-state index contributed by atoms with van der Waals surface area (Å²) < 4.78 is 7.03. The number of morpholine rings is 1. The number of pyridine rings is 1. The molecule has 0 radical (unpaired) electrons. The van der Waals surface area contributed by atoms with E-state index in [1.165, 1.54) is 0 Å². The molecule has 0 aromatic carbocycles. The minimum absolute atomic E-state index is 0.202. The summed E-state index contributed by atoms with van der Waals surface area (Å²) in [5, 5.41) is 6.22. The van der Waals surface area contributed by atoms with Gasteiger partial charge in [-0.2, -0.15) is 0 Å². The van der Waals surface area contributed by atoms with Gasteiger partial charge in [-0.15, -0.1) is 0 Å². The van der Waals surface area contributed by atoms with Crippen LogP contribution in [-0.4, -0.2) is 42.8 Å². The third-order valence-electron chi connectivity index (χ3n) is 4.32. The molecule has 2 N–H and O–H groups in total. The van der Waals surface area contributed by atoms with Gasteiger partial charge >= 0.3 is 0 Å². The predicted octanol–water partition coefficient (Wildman–Crippen LogP) is 1.31. The molecule has 1 saturated heterocycles. The lowest BCUT2D eigenvalue weighted by Gasteiger charge is -2.23. The van der Waals surface area contributed by atoms with Gasteiger partial charge in [0, 0.05) is 31.9 Å². The number of nitrogens with zero attached hydrogens (tertiary/aromatic N) is 1. The lowest BCUT2D eigenvalue weighted by Crippen LogP contribution is -2.43. The number of hydrogen-bond donors (Lipinski definition) is 2. The van der Waals surface area contributed by atoms with Crippen molar-refractivity contribution < 1.29 is 9.53 Å². The van der Waals surface area contributed by atoms with Crippen LogP contribution in [0.5, 0.6) is 0 Å². The van der Waals surface area contributed by atoms with Gasteiger partial charge in [-0.1, -0.05) is 13.8 Å². The number of carbonyl (C=O) groups is 1. The van der Waals surface area contributed by atoms with E-state index in [1.807, 2.05) is 6.07 Å². The number of ether oxygens (including phenoxy) is 1. The molecule has 1 aliphatic rings. The molecule has 2 heterocycles. The first-order chi connectivity index (χ1) is 11.5. The number of rotatable bonds is 7. The van der Waals surface area contributed by atoms with Crippen LogP contribution < -0.4 is 16.2 Å². The lowest BCUT2D eigenvalue weighted by molar-refractivity contribution is 0.0732. The van der Waals surface area contributed by atoms with Crippen LogP contribution in [0.4, 0.5) is 0 Å². The van der Waals surface area contributed by atoms with E-state index < -0.39 is 0 Å². The van der Waals surface area contributed by atoms with Crippen LogP contribution in [0, 0.1) is 12.8 Å². The third kappa shape index (κ3) is 5.18. The molecule has 1 aromatic heterocycles. The van der Waals surface area contributed by atoms with Crippen LogP contribution in [-0.2, 0) is 11.3 Å². The largest absolute Gasteiger partial charge is 0.379 e. The van der Waals surface area contributed by atoms with Crippen LogP contribution >= 0.6 is 0 Å². The van der Waals surface area contributed by atoms with E-state index in [1.54, 1.807) is 17.7 Å². The maximum atomic E-state index is 12.6. The van der Waals surface area contributed by atoms with Crippen molar-refractivity contribution >= 4 is 5.91 Å². The zero-order chi connectivity index (χ0) is 17.5. The van der Waals surface area contributed by atoms with Crippen molar-refractivity contribution in [2.45, 2.75) is 46.2 Å². The van der Waals surface area contributed by atoms with Gasteiger partial charge in [0.1, 0.15) is 5.56 Å². The average molecular weight is 335 g/mol. The van der Waals surface area contributed by atoms with E-state index in [4.69, 9.17) is 4.74 Å². The third-order valence-corrected chi connectivity index (χ3v) is 4.32.